The van der Waals surface area contributed by atoms with Gasteiger partial charge in [-0.3, -0.25) is 4.98 Å². The van der Waals surface area contributed by atoms with Crippen LogP contribution in [0.25, 0.3) is 27.5 Å². The molecule has 0 saturated carbocycles. The number of nitrogens with zero attached hydrogens (tertiary/aromatic N) is 2. The van der Waals surface area contributed by atoms with Gasteiger partial charge in [0.15, 0.2) is 0 Å². The number of aromatic nitrogens is 2. The van der Waals surface area contributed by atoms with Crippen LogP contribution < -0.4 is 0 Å². The number of carboxylic acids is 1. The Morgan fingerprint density at radius 1 is 1.09 bits per heavy atom. The fourth-order valence-electron chi connectivity index (χ4n) is 3.17. The van der Waals surface area contributed by atoms with Crippen molar-refractivity contribution in [3.63, 3.8) is 0 Å². The van der Waals surface area contributed by atoms with Gasteiger partial charge in [0.1, 0.15) is 0 Å². The molecule has 2 heterocycles. The summed E-state index contributed by atoms with van der Waals surface area (Å²) in [6.07, 6.45) is 1.76. The Kier molecular flexibility index (Phi) is 2.91. The molecule has 0 amide bonds. The zero-order chi connectivity index (χ0) is 16.0. The third-order valence-corrected chi connectivity index (χ3v) is 4.17. The fraction of sp³-hybridized carbons (Fsp3) is 0.0526. The molecule has 0 fully saturated rings. The Labute approximate surface area is 132 Å². The first kappa shape index (κ1) is 13.5. The molecule has 4 aromatic rings. The quantitative estimate of drug-likeness (QED) is 0.604. The van der Waals surface area contributed by atoms with E-state index in [0.717, 1.165) is 33.2 Å². The second-order valence-corrected chi connectivity index (χ2v) is 5.50. The summed E-state index contributed by atoms with van der Waals surface area (Å²) in [6.45, 7) is 1.84. The first-order chi connectivity index (χ1) is 11.2. The highest BCUT2D eigenvalue weighted by atomic mass is 16.4. The second kappa shape index (κ2) is 4.95. The van der Waals surface area contributed by atoms with E-state index in [2.05, 4.69) is 4.98 Å². The summed E-state index contributed by atoms with van der Waals surface area (Å²) in [5, 5.41) is 11.4. The molecule has 0 unspecified atom stereocenters. The summed E-state index contributed by atoms with van der Waals surface area (Å²) >= 11 is 0. The van der Waals surface area contributed by atoms with Crippen molar-refractivity contribution in [2.24, 2.45) is 0 Å². The van der Waals surface area contributed by atoms with E-state index in [1.165, 1.54) is 0 Å². The molecule has 23 heavy (non-hydrogen) atoms. The van der Waals surface area contributed by atoms with Crippen LogP contribution in [-0.2, 0) is 0 Å². The lowest BCUT2D eigenvalue weighted by Crippen LogP contribution is -2.01. The molecular weight excluding hydrogens is 288 g/mol. The first-order valence-electron chi connectivity index (χ1n) is 7.35. The van der Waals surface area contributed by atoms with Gasteiger partial charge in [0.05, 0.1) is 16.6 Å². The number of rotatable bonds is 2. The lowest BCUT2D eigenvalue weighted by Gasteiger charge is -2.09. The number of aromatic carboxylic acids is 1. The molecule has 0 radical (unpaired) electrons. The first-order valence-corrected chi connectivity index (χ1v) is 7.35. The molecule has 1 N–H and O–H groups in total. The molecule has 0 aliphatic rings. The Bertz CT molecular complexity index is 1060. The van der Waals surface area contributed by atoms with E-state index in [4.69, 9.17) is 0 Å². The van der Waals surface area contributed by atoms with Crippen LogP contribution in [0.5, 0.6) is 0 Å². The van der Waals surface area contributed by atoms with E-state index >= 15 is 0 Å². The van der Waals surface area contributed by atoms with Gasteiger partial charge in [-0.25, -0.2) is 4.79 Å². The average Bonchev–Trinajstić information content (AvgIpc) is 2.86. The molecule has 4 rings (SSSR count). The third-order valence-electron chi connectivity index (χ3n) is 4.17. The second-order valence-electron chi connectivity index (χ2n) is 5.50. The minimum atomic E-state index is -0.903. The van der Waals surface area contributed by atoms with Gasteiger partial charge in [-0.15, -0.1) is 0 Å². The van der Waals surface area contributed by atoms with E-state index in [1.54, 1.807) is 6.20 Å². The highest BCUT2D eigenvalue weighted by Crippen LogP contribution is 2.30. The maximum Gasteiger partial charge on any atom is 0.338 e. The lowest BCUT2D eigenvalue weighted by atomic mass is 10.1. The highest BCUT2D eigenvalue weighted by molar-refractivity contribution is 6.05. The number of carboxylic acid groups (broad SMARTS) is 1. The summed E-state index contributed by atoms with van der Waals surface area (Å²) in [5.74, 6) is -0.903. The highest BCUT2D eigenvalue weighted by Gasteiger charge is 2.19. The third kappa shape index (κ3) is 1.99. The monoisotopic (exact) mass is 302 g/mol. The number of carbonyl (C=O) groups is 1. The van der Waals surface area contributed by atoms with E-state index in [0.29, 0.717) is 5.56 Å². The zero-order valence-corrected chi connectivity index (χ0v) is 12.5. The van der Waals surface area contributed by atoms with Crippen molar-refractivity contribution in [1.29, 1.82) is 0 Å². The van der Waals surface area contributed by atoms with Crippen molar-refractivity contribution in [2.75, 3.05) is 0 Å². The Hall–Kier alpha value is -3.14. The minimum absolute atomic E-state index is 0.354. The summed E-state index contributed by atoms with van der Waals surface area (Å²) in [4.78, 5) is 16.0. The van der Waals surface area contributed by atoms with Crippen LogP contribution in [0.3, 0.4) is 0 Å². The largest absolute Gasteiger partial charge is 0.478 e. The zero-order valence-electron chi connectivity index (χ0n) is 12.5. The number of benzene rings is 2. The van der Waals surface area contributed by atoms with Crippen molar-refractivity contribution >= 4 is 27.8 Å². The molecule has 0 saturated heterocycles. The molecule has 0 aliphatic heterocycles. The van der Waals surface area contributed by atoms with Crippen molar-refractivity contribution in [3.05, 3.63) is 72.1 Å². The van der Waals surface area contributed by atoms with Gasteiger partial charge >= 0.3 is 5.97 Å². The van der Waals surface area contributed by atoms with E-state index < -0.39 is 5.97 Å². The normalized spacial score (nSPS) is 11.2. The number of pyridine rings is 1. The van der Waals surface area contributed by atoms with Crippen LogP contribution in [0, 0.1) is 6.92 Å². The van der Waals surface area contributed by atoms with Gasteiger partial charge in [0.25, 0.3) is 0 Å². The number of fused-ring (bicyclic) bond motifs is 2. The molecule has 0 bridgehead atoms. The Morgan fingerprint density at radius 3 is 2.74 bits per heavy atom. The standard InChI is InChI=1S/C19H14N2O2/c1-12-18(19(22)23)15-6-2-3-7-17(15)21(12)14-8-9-16-13(11-14)5-4-10-20-16/h2-11H,1H3,(H,22,23). The maximum absolute atomic E-state index is 11.7. The van der Waals surface area contributed by atoms with Crippen molar-refractivity contribution in [2.45, 2.75) is 6.92 Å². The maximum atomic E-state index is 11.7. The fourth-order valence-corrected chi connectivity index (χ4v) is 3.17. The molecule has 0 spiro atoms. The van der Waals surface area contributed by atoms with E-state index in [9.17, 15) is 9.90 Å². The van der Waals surface area contributed by atoms with Crippen molar-refractivity contribution in [3.8, 4) is 5.69 Å². The summed E-state index contributed by atoms with van der Waals surface area (Å²) < 4.78 is 1.99. The van der Waals surface area contributed by atoms with Crippen LogP contribution in [0.4, 0.5) is 0 Å². The van der Waals surface area contributed by atoms with Crippen molar-refractivity contribution in [1.82, 2.24) is 9.55 Å². The average molecular weight is 302 g/mol. The molecule has 0 aliphatic carbocycles. The predicted molar refractivity (Wildman–Crippen MR) is 90.3 cm³/mol. The molecule has 2 aromatic carbocycles. The molecule has 2 aromatic heterocycles. The number of hydrogen-bond acceptors (Lipinski definition) is 2. The number of para-hydroxylation sites is 1. The molecule has 112 valence electrons. The smallest absolute Gasteiger partial charge is 0.338 e. The summed E-state index contributed by atoms with van der Waals surface area (Å²) in [5.41, 5.74) is 3.83. The Balaban J connectivity index is 2.08. The minimum Gasteiger partial charge on any atom is -0.478 e. The van der Waals surface area contributed by atoms with Gasteiger partial charge in [-0.05, 0) is 37.3 Å². The van der Waals surface area contributed by atoms with Gasteiger partial charge in [0.2, 0.25) is 0 Å². The van der Waals surface area contributed by atoms with Gasteiger partial charge in [-0.1, -0.05) is 24.3 Å². The van der Waals surface area contributed by atoms with Gasteiger partial charge < -0.3 is 9.67 Å². The van der Waals surface area contributed by atoms with Crippen LogP contribution in [-0.4, -0.2) is 20.6 Å². The topological polar surface area (TPSA) is 55.1 Å². The van der Waals surface area contributed by atoms with Crippen LogP contribution in [0.1, 0.15) is 16.1 Å². The predicted octanol–water partition coefficient (Wildman–Crippen LogP) is 4.19. The van der Waals surface area contributed by atoms with E-state index in [1.807, 2.05) is 66.1 Å². The van der Waals surface area contributed by atoms with Crippen molar-refractivity contribution < 1.29 is 9.90 Å². The molecular formula is C19H14N2O2. The van der Waals surface area contributed by atoms with Gasteiger partial charge in [-0.2, -0.15) is 0 Å². The van der Waals surface area contributed by atoms with Gasteiger partial charge in [0, 0.05) is 28.4 Å². The van der Waals surface area contributed by atoms with Crippen LogP contribution >= 0.6 is 0 Å². The molecule has 4 nitrogen and oxygen atoms in total. The Morgan fingerprint density at radius 2 is 1.91 bits per heavy atom. The lowest BCUT2D eigenvalue weighted by molar-refractivity contribution is 0.0698. The number of hydrogen-bond donors (Lipinski definition) is 1. The molecule has 0 atom stereocenters. The van der Waals surface area contributed by atoms with Crippen LogP contribution in [0.2, 0.25) is 0 Å². The SMILES string of the molecule is Cc1c(C(=O)O)c2ccccc2n1-c1ccc2ncccc2c1. The van der Waals surface area contributed by atoms with Crippen LogP contribution in [0.15, 0.2) is 60.8 Å². The van der Waals surface area contributed by atoms with E-state index in [-0.39, 0.29) is 0 Å². The molecule has 4 heteroatoms. The summed E-state index contributed by atoms with van der Waals surface area (Å²) in [6, 6.07) is 17.5. The summed E-state index contributed by atoms with van der Waals surface area (Å²) in [7, 11) is 0.